The van der Waals surface area contributed by atoms with Crippen molar-refractivity contribution in [1.82, 2.24) is 0 Å². The molecule has 0 saturated carbocycles. The molecule has 0 atom stereocenters. The smallest absolute Gasteiger partial charge is 0.167 e. The maximum absolute atomic E-state index is 13.3. The first-order chi connectivity index (χ1) is 6.69. The highest BCUT2D eigenvalue weighted by molar-refractivity contribution is 6.30. The van der Waals surface area contributed by atoms with Gasteiger partial charge in [0.2, 0.25) is 0 Å². The molecule has 0 amide bonds. The van der Waals surface area contributed by atoms with E-state index in [-0.39, 0.29) is 5.75 Å². The summed E-state index contributed by atoms with van der Waals surface area (Å²) in [5.74, 6) is -0.296. The van der Waals surface area contributed by atoms with Gasteiger partial charge in [-0.2, -0.15) is 0 Å². The highest BCUT2D eigenvalue weighted by atomic mass is 35.5. The van der Waals surface area contributed by atoms with Crippen molar-refractivity contribution < 1.29 is 9.13 Å². The summed E-state index contributed by atoms with van der Waals surface area (Å²) in [6, 6.07) is 2.83. The molecule has 1 aromatic rings. The van der Waals surface area contributed by atoms with E-state index in [1.807, 2.05) is 0 Å². The van der Waals surface area contributed by atoms with E-state index in [4.69, 9.17) is 22.1 Å². The van der Waals surface area contributed by atoms with E-state index in [0.717, 1.165) is 0 Å². The fourth-order valence-electron chi connectivity index (χ4n) is 1.11. The number of hydrogen-bond donors (Lipinski definition) is 1. The van der Waals surface area contributed by atoms with Crippen LogP contribution in [-0.2, 0) is 0 Å². The number of methoxy groups -OCH3 is 1. The summed E-state index contributed by atoms with van der Waals surface area (Å²) >= 11 is 5.70. The van der Waals surface area contributed by atoms with Gasteiger partial charge in [0.15, 0.2) is 11.6 Å². The van der Waals surface area contributed by atoms with Crippen LogP contribution in [0.2, 0.25) is 5.02 Å². The summed E-state index contributed by atoms with van der Waals surface area (Å²) in [5, 5.41) is 0.333. The summed E-state index contributed by atoms with van der Waals surface area (Å²) in [4.78, 5) is 0. The van der Waals surface area contributed by atoms with E-state index in [0.29, 0.717) is 17.1 Å². The lowest BCUT2D eigenvalue weighted by Gasteiger charge is -2.06. The van der Waals surface area contributed by atoms with Crippen molar-refractivity contribution in [2.24, 2.45) is 5.73 Å². The lowest BCUT2D eigenvalue weighted by molar-refractivity contribution is 0.385. The zero-order valence-electron chi connectivity index (χ0n) is 7.76. The molecule has 0 aliphatic carbocycles. The predicted octanol–water partition coefficient (Wildman–Crippen LogP) is 2.46. The summed E-state index contributed by atoms with van der Waals surface area (Å²) in [5.41, 5.74) is 5.88. The van der Waals surface area contributed by atoms with E-state index >= 15 is 0 Å². The van der Waals surface area contributed by atoms with Crippen LogP contribution in [0.15, 0.2) is 18.2 Å². The van der Waals surface area contributed by atoms with Crippen molar-refractivity contribution in [2.45, 2.75) is 0 Å². The third kappa shape index (κ3) is 2.47. The molecule has 0 radical (unpaired) electrons. The Bertz CT molecular complexity index is 352. The van der Waals surface area contributed by atoms with Gasteiger partial charge in [0.05, 0.1) is 7.11 Å². The van der Waals surface area contributed by atoms with Crippen LogP contribution in [-0.4, -0.2) is 13.7 Å². The molecule has 2 nitrogen and oxygen atoms in total. The van der Waals surface area contributed by atoms with Gasteiger partial charge < -0.3 is 10.5 Å². The topological polar surface area (TPSA) is 35.2 Å². The van der Waals surface area contributed by atoms with E-state index in [1.165, 1.54) is 13.2 Å². The molecule has 76 valence electrons. The molecule has 0 fully saturated rings. The van der Waals surface area contributed by atoms with Crippen molar-refractivity contribution in [3.63, 3.8) is 0 Å². The Kier molecular flexibility index (Phi) is 3.92. The zero-order chi connectivity index (χ0) is 10.6. The Morgan fingerprint density at radius 2 is 2.29 bits per heavy atom. The highest BCUT2D eigenvalue weighted by Gasteiger charge is 2.08. The van der Waals surface area contributed by atoms with Crippen LogP contribution in [0.4, 0.5) is 4.39 Å². The number of benzene rings is 1. The summed E-state index contributed by atoms with van der Waals surface area (Å²) in [6.07, 6.45) is 3.38. The highest BCUT2D eigenvalue weighted by Crippen LogP contribution is 2.27. The van der Waals surface area contributed by atoms with Gasteiger partial charge in [-0.25, -0.2) is 4.39 Å². The second-order valence-corrected chi connectivity index (χ2v) is 3.08. The van der Waals surface area contributed by atoms with Crippen molar-refractivity contribution in [1.29, 1.82) is 0 Å². The first kappa shape index (κ1) is 11.0. The van der Waals surface area contributed by atoms with Crippen molar-refractivity contribution in [3.8, 4) is 5.75 Å². The zero-order valence-corrected chi connectivity index (χ0v) is 8.51. The van der Waals surface area contributed by atoms with E-state index in [9.17, 15) is 4.39 Å². The fraction of sp³-hybridized carbons (Fsp3) is 0.200. The number of halogens is 2. The molecule has 0 bridgehead atoms. The molecule has 0 aromatic heterocycles. The Morgan fingerprint density at radius 3 is 2.86 bits per heavy atom. The van der Waals surface area contributed by atoms with Crippen molar-refractivity contribution in [2.75, 3.05) is 13.7 Å². The summed E-state index contributed by atoms with van der Waals surface area (Å²) in [7, 11) is 1.41. The molecule has 1 aromatic carbocycles. The monoisotopic (exact) mass is 215 g/mol. The first-order valence-corrected chi connectivity index (χ1v) is 4.46. The quantitative estimate of drug-likeness (QED) is 0.841. The van der Waals surface area contributed by atoms with Crippen LogP contribution < -0.4 is 10.5 Å². The SMILES string of the molecule is COc1c(F)cc(Cl)cc1/C=C/CN. The molecule has 0 aliphatic heterocycles. The summed E-state index contributed by atoms with van der Waals surface area (Å²) < 4.78 is 18.2. The van der Waals surface area contributed by atoms with E-state index < -0.39 is 5.82 Å². The third-order valence-corrected chi connectivity index (χ3v) is 1.89. The molecule has 4 heteroatoms. The van der Waals surface area contributed by atoms with Gasteiger partial charge in [0, 0.05) is 17.1 Å². The second kappa shape index (κ2) is 4.98. The minimum atomic E-state index is -0.475. The average Bonchev–Trinajstić information content (AvgIpc) is 2.14. The lowest BCUT2D eigenvalue weighted by Crippen LogP contribution is -1.94. The molecule has 0 unspecified atom stereocenters. The van der Waals surface area contributed by atoms with Crippen molar-refractivity contribution in [3.05, 3.63) is 34.6 Å². The molecule has 14 heavy (non-hydrogen) atoms. The number of ether oxygens (including phenoxy) is 1. The molecule has 1 rings (SSSR count). The van der Waals surface area contributed by atoms with Crippen LogP contribution in [0.3, 0.4) is 0 Å². The Hall–Kier alpha value is -1.06. The number of rotatable bonds is 3. The third-order valence-electron chi connectivity index (χ3n) is 1.67. The fourth-order valence-corrected chi connectivity index (χ4v) is 1.33. The largest absolute Gasteiger partial charge is 0.493 e. The minimum Gasteiger partial charge on any atom is -0.493 e. The lowest BCUT2D eigenvalue weighted by atomic mass is 10.2. The van der Waals surface area contributed by atoms with Crippen LogP contribution in [0, 0.1) is 5.82 Å². The Balaban J connectivity index is 3.18. The van der Waals surface area contributed by atoms with Crippen LogP contribution in [0.1, 0.15) is 5.56 Å². The van der Waals surface area contributed by atoms with Gasteiger partial charge >= 0.3 is 0 Å². The van der Waals surface area contributed by atoms with Gasteiger partial charge in [-0.05, 0) is 12.1 Å². The van der Waals surface area contributed by atoms with Gasteiger partial charge in [0.25, 0.3) is 0 Å². The van der Waals surface area contributed by atoms with Gasteiger partial charge in [-0.15, -0.1) is 0 Å². The Morgan fingerprint density at radius 1 is 1.57 bits per heavy atom. The Labute approximate surface area is 87.1 Å². The minimum absolute atomic E-state index is 0.180. The van der Waals surface area contributed by atoms with Gasteiger partial charge in [0.1, 0.15) is 0 Å². The normalized spacial score (nSPS) is 10.9. The molecule has 2 N–H and O–H groups in total. The average molecular weight is 216 g/mol. The van der Waals surface area contributed by atoms with Gasteiger partial charge in [-0.1, -0.05) is 23.8 Å². The predicted molar refractivity (Wildman–Crippen MR) is 56.1 cm³/mol. The number of hydrogen-bond acceptors (Lipinski definition) is 2. The van der Waals surface area contributed by atoms with E-state index in [1.54, 1.807) is 18.2 Å². The van der Waals surface area contributed by atoms with Gasteiger partial charge in [-0.3, -0.25) is 0 Å². The first-order valence-electron chi connectivity index (χ1n) is 4.08. The molecule has 0 saturated heterocycles. The molecule has 0 heterocycles. The molecule has 0 aliphatic rings. The maximum atomic E-state index is 13.3. The number of nitrogens with two attached hydrogens (primary N) is 1. The maximum Gasteiger partial charge on any atom is 0.167 e. The standard InChI is InChI=1S/C10H11ClFNO/c1-14-10-7(3-2-4-13)5-8(11)6-9(10)12/h2-3,5-6H,4,13H2,1H3/b3-2+. The molecular formula is C10H11ClFNO. The van der Waals surface area contributed by atoms with Crippen LogP contribution in [0.25, 0.3) is 6.08 Å². The second-order valence-electron chi connectivity index (χ2n) is 2.65. The van der Waals surface area contributed by atoms with Crippen LogP contribution >= 0.6 is 11.6 Å². The summed E-state index contributed by atoms with van der Waals surface area (Å²) in [6.45, 7) is 0.386. The van der Waals surface area contributed by atoms with Crippen LogP contribution in [0.5, 0.6) is 5.75 Å². The van der Waals surface area contributed by atoms with Crippen molar-refractivity contribution >= 4 is 17.7 Å². The molecular weight excluding hydrogens is 205 g/mol. The van der Waals surface area contributed by atoms with E-state index in [2.05, 4.69) is 0 Å². The molecule has 0 spiro atoms.